The Kier molecular flexibility index (Phi) is 6.49. The van der Waals surface area contributed by atoms with Crippen LogP contribution in [-0.4, -0.2) is 34.2 Å². The molecule has 35 heavy (non-hydrogen) atoms. The molecule has 4 bridgehead atoms. The van der Waals surface area contributed by atoms with Crippen LogP contribution in [0, 0.1) is 35.9 Å². The molecule has 0 atom stereocenters. The molecule has 0 unspecified atom stereocenters. The Balaban J connectivity index is 1.35. The van der Waals surface area contributed by atoms with E-state index in [9.17, 15) is 14.0 Å². The average Bonchev–Trinajstić information content (AvgIpc) is 3.21. The van der Waals surface area contributed by atoms with Crippen molar-refractivity contribution in [1.29, 1.82) is 0 Å². The third kappa shape index (κ3) is 5.03. The molecule has 1 aromatic carbocycles. The zero-order valence-electron chi connectivity index (χ0n) is 21.1. The largest absolute Gasteiger partial charge is 0.464 e. The van der Waals surface area contributed by atoms with Gasteiger partial charge in [-0.25, -0.2) is 4.39 Å². The molecule has 2 amide bonds. The summed E-state index contributed by atoms with van der Waals surface area (Å²) in [6.07, 6.45) is 6.80. The van der Waals surface area contributed by atoms with Gasteiger partial charge in [-0.05, 0) is 107 Å². The van der Waals surface area contributed by atoms with Crippen molar-refractivity contribution >= 4 is 11.8 Å². The van der Waals surface area contributed by atoms with Gasteiger partial charge in [0.2, 0.25) is 11.8 Å². The average molecular weight is 481 g/mol. The van der Waals surface area contributed by atoms with E-state index >= 15 is 0 Å². The Bertz CT molecular complexity index is 1040. The Morgan fingerprint density at radius 1 is 0.971 bits per heavy atom. The molecule has 1 heterocycles. The fourth-order valence-corrected chi connectivity index (χ4v) is 7.21. The van der Waals surface area contributed by atoms with E-state index in [1.165, 1.54) is 31.4 Å². The lowest BCUT2D eigenvalue weighted by Crippen LogP contribution is -2.57. The second-order valence-corrected chi connectivity index (χ2v) is 11.6. The molecule has 6 rings (SSSR count). The van der Waals surface area contributed by atoms with Gasteiger partial charge in [0, 0.05) is 12.6 Å². The van der Waals surface area contributed by atoms with Crippen LogP contribution in [0.2, 0.25) is 0 Å². The van der Waals surface area contributed by atoms with Crippen molar-refractivity contribution in [3.63, 3.8) is 0 Å². The molecule has 4 aliphatic rings. The Hall–Kier alpha value is -2.63. The van der Waals surface area contributed by atoms with Crippen LogP contribution in [0.3, 0.4) is 0 Å². The molecule has 0 N–H and O–H groups in total. The molecule has 6 heteroatoms. The summed E-state index contributed by atoms with van der Waals surface area (Å²) in [4.78, 5) is 31.3. The van der Waals surface area contributed by atoms with Gasteiger partial charge in [-0.1, -0.05) is 12.1 Å². The smallest absolute Gasteiger partial charge is 0.242 e. The van der Waals surface area contributed by atoms with E-state index in [1.807, 2.05) is 37.8 Å². The number of carbonyl (C=O) groups excluding carboxylic acids is 2. The highest BCUT2D eigenvalue weighted by atomic mass is 19.1. The fourth-order valence-electron chi connectivity index (χ4n) is 7.21. The van der Waals surface area contributed by atoms with Crippen LogP contribution in [0.1, 0.15) is 69.5 Å². The van der Waals surface area contributed by atoms with E-state index in [0.29, 0.717) is 36.6 Å². The quantitative estimate of drug-likeness (QED) is 0.486. The standard InChI is InChI=1S/C29H37FN2O3/c1-19(2)32(28(34)29-13-22-10-23(14-29)12-24(11-22)15-29)18-27(33)31(17-26-9-4-20(3)35-26)16-21-5-7-25(30)8-6-21/h4-9,19,22-24H,10-18H2,1-3H3. The predicted molar refractivity (Wildman–Crippen MR) is 132 cm³/mol. The molecule has 0 aliphatic heterocycles. The number of carbonyl (C=O) groups is 2. The lowest BCUT2D eigenvalue weighted by atomic mass is 9.49. The SMILES string of the molecule is Cc1ccc(CN(Cc2ccc(F)cc2)C(=O)CN(C(=O)C23CC4CC(CC(C4)C2)C3)C(C)C)o1. The maximum Gasteiger partial charge on any atom is 0.242 e. The predicted octanol–water partition coefficient (Wildman–Crippen LogP) is 5.71. The molecular weight excluding hydrogens is 443 g/mol. The Morgan fingerprint density at radius 2 is 1.57 bits per heavy atom. The highest BCUT2D eigenvalue weighted by Gasteiger charge is 2.56. The zero-order valence-corrected chi connectivity index (χ0v) is 21.1. The van der Waals surface area contributed by atoms with Gasteiger partial charge in [-0.15, -0.1) is 0 Å². The van der Waals surface area contributed by atoms with Gasteiger partial charge < -0.3 is 14.2 Å². The Labute approximate surface area is 207 Å². The summed E-state index contributed by atoms with van der Waals surface area (Å²) in [5.74, 6) is 3.26. The van der Waals surface area contributed by atoms with Crippen molar-refractivity contribution in [2.24, 2.45) is 23.2 Å². The molecule has 0 spiro atoms. The number of furan rings is 1. The molecule has 4 saturated carbocycles. The maximum atomic E-state index is 14.0. The van der Waals surface area contributed by atoms with Crippen molar-refractivity contribution in [2.75, 3.05) is 6.54 Å². The molecule has 4 fully saturated rings. The number of benzene rings is 1. The summed E-state index contributed by atoms with van der Waals surface area (Å²) in [7, 11) is 0. The first kappa shape index (κ1) is 24.1. The molecule has 188 valence electrons. The van der Waals surface area contributed by atoms with Crippen molar-refractivity contribution < 1.29 is 18.4 Å². The number of rotatable bonds is 8. The first-order valence-corrected chi connectivity index (χ1v) is 13.1. The van der Waals surface area contributed by atoms with Crippen LogP contribution in [0.5, 0.6) is 0 Å². The Morgan fingerprint density at radius 3 is 2.09 bits per heavy atom. The van der Waals surface area contributed by atoms with Crippen LogP contribution in [-0.2, 0) is 22.7 Å². The van der Waals surface area contributed by atoms with E-state index in [2.05, 4.69) is 0 Å². The number of amides is 2. The second-order valence-electron chi connectivity index (χ2n) is 11.6. The van der Waals surface area contributed by atoms with Gasteiger partial charge in [0.15, 0.2) is 0 Å². The first-order valence-electron chi connectivity index (χ1n) is 13.1. The molecule has 0 radical (unpaired) electrons. The third-order valence-electron chi connectivity index (χ3n) is 8.46. The minimum Gasteiger partial charge on any atom is -0.464 e. The van der Waals surface area contributed by atoms with Gasteiger partial charge in [-0.3, -0.25) is 9.59 Å². The normalized spacial score (nSPS) is 26.8. The lowest BCUT2D eigenvalue weighted by molar-refractivity contribution is -0.162. The van der Waals surface area contributed by atoms with E-state index in [0.717, 1.165) is 30.6 Å². The number of hydrogen-bond acceptors (Lipinski definition) is 3. The van der Waals surface area contributed by atoms with Crippen molar-refractivity contribution in [3.8, 4) is 0 Å². The van der Waals surface area contributed by atoms with Gasteiger partial charge in [0.1, 0.15) is 23.9 Å². The maximum absolute atomic E-state index is 14.0. The highest BCUT2D eigenvalue weighted by Crippen LogP contribution is 2.60. The van der Waals surface area contributed by atoms with Gasteiger partial charge in [0.05, 0.1) is 12.0 Å². The molecular formula is C29H37FN2O3. The van der Waals surface area contributed by atoms with Crippen LogP contribution in [0.4, 0.5) is 4.39 Å². The van der Waals surface area contributed by atoms with E-state index in [-0.39, 0.29) is 35.6 Å². The molecule has 0 saturated heterocycles. The monoisotopic (exact) mass is 480 g/mol. The van der Waals surface area contributed by atoms with Crippen molar-refractivity contribution in [1.82, 2.24) is 9.80 Å². The summed E-state index contributed by atoms with van der Waals surface area (Å²) in [6.45, 7) is 6.58. The van der Waals surface area contributed by atoms with Gasteiger partial charge >= 0.3 is 0 Å². The number of aryl methyl sites for hydroxylation is 1. The molecule has 1 aromatic heterocycles. The van der Waals surface area contributed by atoms with E-state index in [1.54, 1.807) is 17.0 Å². The number of nitrogens with zero attached hydrogens (tertiary/aromatic N) is 2. The van der Waals surface area contributed by atoms with Crippen LogP contribution >= 0.6 is 0 Å². The minimum absolute atomic E-state index is 0.0547. The highest BCUT2D eigenvalue weighted by molar-refractivity contribution is 5.88. The second kappa shape index (κ2) is 9.44. The summed E-state index contributed by atoms with van der Waals surface area (Å²) in [6, 6.07) is 9.91. The van der Waals surface area contributed by atoms with Gasteiger partial charge in [-0.2, -0.15) is 0 Å². The fraction of sp³-hybridized carbons (Fsp3) is 0.586. The van der Waals surface area contributed by atoms with Gasteiger partial charge in [0.25, 0.3) is 0 Å². The zero-order chi connectivity index (χ0) is 24.7. The molecule has 4 aliphatic carbocycles. The molecule has 5 nitrogen and oxygen atoms in total. The van der Waals surface area contributed by atoms with Crippen LogP contribution < -0.4 is 0 Å². The summed E-state index contributed by atoms with van der Waals surface area (Å²) in [5.41, 5.74) is 0.561. The number of hydrogen-bond donors (Lipinski definition) is 0. The summed E-state index contributed by atoms with van der Waals surface area (Å²) in [5, 5.41) is 0. The van der Waals surface area contributed by atoms with E-state index in [4.69, 9.17) is 4.42 Å². The molecule has 2 aromatic rings. The third-order valence-corrected chi connectivity index (χ3v) is 8.46. The summed E-state index contributed by atoms with van der Waals surface area (Å²) >= 11 is 0. The summed E-state index contributed by atoms with van der Waals surface area (Å²) < 4.78 is 19.2. The van der Waals surface area contributed by atoms with Crippen molar-refractivity contribution in [2.45, 2.75) is 78.4 Å². The topological polar surface area (TPSA) is 53.8 Å². The van der Waals surface area contributed by atoms with Crippen LogP contribution in [0.15, 0.2) is 40.8 Å². The minimum atomic E-state index is -0.305. The van der Waals surface area contributed by atoms with Crippen LogP contribution in [0.25, 0.3) is 0 Å². The van der Waals surface area contributed by atoms with E-state index < -0.39 is 0 Å². The first-order chi connectivity index (χ1) is 16.7. The van der Waals surface area contributed by atoms with Crippen molar-refractivity contribution in [3.05, 3.63) is 59.3 Å². The number of halogens is 1. The lowest BCUT2D eigenvalue weighted by Gasteiger charge is -2.57.